The first-order valence-electron chi connectivity index (χ1n) is 12.0. The first-order valence-corrected chi connectivity index (χ1v) is 12.8. The van der Waals surface area contributed by atoms with Crippen molar-refractivity contribution in [2.75, 3.05) is 13.1 Å². The summed E-state index contributed by atoms with van der Waals surface area (Å²) in [5.41, 5.74) is 4.42. The molecule has 0 bridgehead atoms. The summed E-state index contributed by atoms with van der Waals surface area (Å²) in [6, 6.07) is 13.3. The van der Waals surface area contributed by atoms with E-state index >= 15 is 0 Å². The van der Waals surface area contributed by atoms with Gasteiger partial charge in [0.05, 0.1) is 5.69 Å². The third-order valence-corrected chi connectivity index (χ3v) is 8.24. The van der Waals surface area contributed by atoms with Crippen LogP contribution in [0.3, 0.4) is 0 Å². The molecule has 7 heteroatoms. The Morgan fingerprint density at radius 1 is 1.23 bits per heavy atom. The third kappa shape index (κ3) is 5.16. The van der Waals surface area contributed by atoms with Gasteiger partial charge in [-0.25, -0.2) is 9.37 Å². The molecule has 3 aromatic rings. The molecule has 5 rings (SSSR count). The number of aryl methyl sites for hydroxylation is 2. The number of carboxylic acids is 1. The van der Waals surface area contributed by atoms with Crippen molar-refractivity contribution in [2.45, 2.75) is 51.2 Å². The molecule has 0 unspecified atom stereocenters. The number of carboxylic acid groups (broad SMARTS) is 1. The molecule has 1 fully saturated rings. The number of carbonyl (C=O) groups is 1. The van der Waals surface area contributed by atoms with Gasteiger partial charge in [0.15, 0.2) is 0 Å². The molecule has 1 aliphatic carbocycles. The molecule has 2 aliphatic rings. The molecule has 5 nitrogen and oxygen atoms in total. The largest absolute Gasteiger partial charge is 0.486 e. The summed E-state index contributed by atoms with van der Waals surface area (Å²) in [4.78, 5) is 19.1. The number of nitrogens with zero attached hydrogens (tertiary/aromatic N) is 2. The van der Waals surface area contributed by atoms with Gasteiger partial charge in [-0.05, 0) is 62.0 Å². The highest BCUT2D eigenvalue weighted by atomic mass is 32.1. The molecule has 2 heterocycles. The van der Waals surface area contributed by atoms with E-state index in [-0.39, 0.29) is 24.9 Å². The average Bonchev–Trinajstić information content (AvgIpc) is 3.39. The van der Waals surface area contributed by atoms with E-state index in [2.05, 4.69) is 46.3 Å². The number of hydrogen-bond acceptors (Lipinski definition) is 5. The minimum Gasteiger partial charge on any atom is -0.486 e. The number of fused-ring (bicyclic) bond motifs is 2. The number of likely N-dealkylation sites (tertiary alicyclic amines) is 1. The standard InChI is InChI=1S/C28H29FN2O3S/c1-19-25(17-31-14-12-28(13-15-31)11-10-20-4-2-3-5-23(20)28)35-26(30-19)18-34-22-8-6-21(24(29)16-22)7-9-27(32)33/h2-6,8,10-11,16H,7,9,12-15,17-18H2,1H3,(H,32,33). The Morgan fingerprint density at radius 2 is 2.03 bits per heavy atom. The van der Waals surface area contributed by atoms with E-state index in [1.807, 2.05) is 6.92 Å². The Kier molecular flexibility index (Phi) is 6.71. The first kappa shape index (κ1) is 23.7. The Bertz CT molecular complexity index is 1260. The summed E-state index contributed by atoms with van der Waals surface area (Å²) < 4.78 is 20.0. The number of piperidine rings is 1. The van der Waals surface area contributed by atoms with Crippen LogP contribution in [0, 0.1) is 12.7 Å². The number of rotatable bonds is 8. The second-order valence-corrected chi connectivity index (χ2v) is 10.6. The molecule has 2 aromatic carbocycles. The zero-order chi connectivity index (χ0) is 24.4. The van der Waals surface area contributed by atoms with Crippen LogP contribution in [-0.2, 0) is 29.8 Å². The molecule has 35 heavy (non-hydrogen) atoms. The molecular weight excluding hydrogens is 463 g/mol. The molecule has 0 radical (unpaired) electrons. The van der Waals surface area contributed by atoms with Gasteiger partial charge in [-0.3, -0.25) is 9.69 Å². The van der Waals surface area contributed by atoms with E-state index in [1.54, 1.807) is 23.5 Å². The van der Waals surface area contributed by atoms with E-state index in [4.69, 9.17) is 9.84 Å². The van der Waals surface area contributed by atoms with Crippen molar-refractivity contribution < 1.29 is 19.0 Å². The second kappa shape index (κ2) is 9.91. The second-order valence-electron chi connectivity index (χ2n) is 9.40. The maximum Gasteiger partial charge on any atom is 0.303 e. The van der Waals surface area contributed by atoms with E-state index in [0.717, 1.165) is 43.2 Å². The van der Waals surface area contributed by atoms with Gasteiger partial charge in [-0.15, -0.1) is 11.3 Å². The van der Waals surface area contributed by atoms with Gasteiger partial charge in [0.1, 0.15) is 23.2 Å². The fourth-order valence-electron chi connectivity index (χ4n) is 5.09. The zero-order valence-corrected chi connectivity index (χ0v) is 20.6. The molecule has 0 atom stereocenters. The highest BCUT2D eigenvalue weighted by molar-refractivity contribution is 7.11. The highest BCUT2D eigenvalue weighted by Gasteiger charge is 2.37. The number of ether oxygens (including phenoxy) is 1. The zero-order valence-electron chi connectivity index (χ0n) is 19.8. The lowest BCUT2D eigenvalue weighted by Crippen LogP contribution is -2.40. The van der Waals surface area contributed by atoms with Crippen LogP contribution in [0.1, 0.15) is 51.5 Å². The smallest absolute Gasteiger partial charge is 0.303 e. The normalized spacial score (nSPS) is 16.5. The van der Waals surface area contributed by atoms with Crippen molar-refractivity contribution in [3.8, 4) is 5.75 Å². The van der Waals surface area contributed by atoms with Crippen molar-refractivity contribution in [2.24, 2.45) is 0 Å². The van der Waals surface area contributed by atoms with Crippen LogP contribution >= 0.6 is 11.3 Å². The van der Waals surface area contributed by atoms with Crippen molar-refractivity contribution in [3.05, 3.63) is 86.6 Å². The highest BCUT2D eigenvalue weighted by Crippen LogP contribution is 2.43. The summed E-state index contributed by atoms with van der Waals surface area (Å²) in [5.74, 6) is -0.964. The number of allylic oxidation sites excluding steroid dienone is 1. The maximum atomic E-state index is 14.3. The van der Waals surface area contributed by atoms with Crippen LogP contribution in [-0.4, -0.2) is 34.0 Å². The molecule has 1 spiro atoms. The van der Waals surface area contributed by atoms with Crippen molar-refractivity contribution in [3.63, 3.8) is 0 Å². The monoisotopic (exact) mass is 492 g/mol. The van der Waals surface area contributed by atoms with Crippen LogP contribution in [0.25, 0.3) is 6.08 Å². The van der Waals surface area contributed by atoms with Crippen LogP contribution in [0.2, 0.25) is 0 Å². The molecule has 1 aromatic heterocycles. The first-order chi connectivity index (χ1) is 16.9. The van der Waals surface area contributed by atoms with Gasteiger partial charge in [-0.1, -0.05) is 42.5 Å². The summed E-state index contributed by atoms with van der Waals surface area (Å²) in [6.07, 6.45) is 7.01. The predicted molar refractivity (Wildman–Crippen MR) is 135 cm³/mol. The lowest BCUT2D eigenvalue weighted by atomic mass is 9.74. The molecule has 1 N–H and O–H groups in total. The Labute approximate surface area is 208 Å². The number of hydrogen-bond donors (Lipinski definition) is 1. The molecule has 0 amide bonds. The fraction of sp³-hybridized carbons (Fsp3) is 0.357. The average molecular weight is 493 g/mol. The lowest BCUT2D eigenvalue weighted by Gasteiger charge is -2.39. The van der Waals surface area contributed by atoms with Gasteiger partial charge in [0.25, 0.3) is 0 Å². The van der Waals surface area contributed by atoms with Crippen LogP contribution in [0.4, 0.5) is 4.39 Å². The van der Waals surface area contributed by atoms with Crippen molar-refractivity contribution in [1.29, 1.82) is 0 Å². The summed E-state index contributed by atoms with van der Waals surface area (Å²) in [5, 5.41) is 9.65. The number of thiazole rings is 1. The minimum atomic E-state index is -0.940. The summed E-state index contributed by atoms with van der Waals surface area (Å²) in [6.45, 7) is 5.31. The Balaban J connectivity index is 1.15. The van der Waals surface area contributed by atoms with Crippen LogP contribution in [0.15, 0.2) is 48.5 Å². The summed E-state index contributed by atoms with van der Waals surface area (Å²) >= 11 is 1.65. The minimum absolute atomic E-state index is 0.0969. The van der Waals surface area contributed by atoms with Gasteiger partial charge in [0, 0.05) is 29.3 Å². The fourth-order valence-corrected chi connectivity index (χ4v) is 6.11. The molecular formula is C28H29FN2O3S. The number of aliphatic carboxylic acids is 1. The maximum absolute atomic E-state index is 14.3. The summed E-state index contributed by atoms with van der Waals surface area (Å²) in [7, 11) is 0. The Morgan fingerprint density at radius 3 is 2.80 bits per heavy atom. The third-order valence-electron chi connectivity index (χ3n) is 7.13. The topological polar surface area (TPSA) is 62.7 Å². The van der Waals surface area contributed by atoms with E-state index in [9.17, 15) is 9.18 Å². The van der Waals surface area contributed by atoms with Gasteiger partial charge in [0.2, 0.25) is 0 Å². The van der Waals surface area contributed by atoms with Crippen molar-refractivity contribution >= 4 is 23.4 Å². The van der Waals surface area contributed by atoms with Crippen LogP contribution < -0.4 is 4.74 Å². The van der Waals surface area contributed by atoms with E-state index in [1.165, 1.54) is 22.1 Å². The van der Waals surface area contributed by atoms with Gasteiger partial charge < -0.3 is 9.84 Å². The molecule has 0 saturated carbocycles. The molecule has 182 valence electrons. The van der Waals surface area contributed by atoms with Gasteiger partial charge >= 0.3 is 5.97 Å². The number of aromatic nitrogens is 1. The van der Waals surface area contributed by atoms with Crippen LogP contribution in [0.5, 0.6) is 5.75 Å². The lowest BCUT2D eigenvalue weighted by molar-refractivity contribution is -0.136. The van der Waals surface area contributed by atoms with E-state index in [0.29, 0.717) is 11.3 Å². The quantitative estimate of drug-likeness (QED) is 0.434. The predicted octanol–water partition coefficient (Wildman–Crippen LogP) is 5.75. The van der Waals surface area contributed by atoms with Crippen molar-refractivity contribution in [1.82, 2.24) is 9.88 Å². The number of benzene rings is 2. The molecule has 1 aliphatic heterocycles. The molecule has 1 saturated heterocycles. The Hall–Kier alpha value is -3.03. The number of halogens is 1. The van der Waals surface area contributed by atoms with E-state index < -0.39 is 11.8 Å². The SMILES string of the molecule is Cc1nc(COc2ccc(CCC(=O)O)c(F)c2)sc1CN1CCC2(C=Cc3ccccc32)CC1. The van der Waals surface area contributed by atoms with Gasteiger partial charge in [-0.2, -0.15) is 0 Å².